The highest BCUT2D eigenvalue weighted by atomic mass is 19.1. The second-order valence-corrected chi connectivity index (χ2v) is 8.62. The van der Waals surface area contributed by atoms with Gasteiger partial charge < -0.3 is 15.1 Å². The molecule has 1 amide bonds. The molecular weight excluding hydrogens is 407 g/mol. The van der Waals surface area contributed by atoms with Gasteiger partial charge >= 0.3 is 0 Å². The molecule has 4 rings (SSSR count). The molecule has 5 nitrogen and oxygen atoms in total. The zero-order valence-electron chi connectivity index (χ0n) is 18.2. The number of carbonyl (C=O) groups excluding carboxylic acids is 1. The van der Waals surface area contributed by atoms with Crippen molar-refractivity contribution in [2.75, 3.05) is 26.2 Å². The number of fused-ring (bicyclic) bond motifs is 1. The maximum Gasteiger partial charge on any atom is 0.254 e. The average Bonchev–Trinajstić information content (AvgIpc) is 2.77. The van der Waals surface area contributed by atoms with Crippen LogP contribution in [0.5, 0.6) is 0 Å². The van der Waals surface area contributed by atoms with Crippen molar-refractivity contribution < 1.29 is 19.4 Å². The van der Waals surface area contributed by atoms with Crippen LogP contribution in [0.4, 0.5) is 4.39 Å². The summed E-state index contributed by atoms with van der Waals surface area (Å²) in [4.78, 5) is 17.2. The van der Waals surface area contributed by atoms with Gasteiger partial charge in [-0.15, -0.1) is 0 Å². The van der Waals surface area contributed by atoms with Crippen LogP contribution in [0.25, 0.3) is 0 Å². The summed E-state index contributed by atoms with van der Waals surface area (Å²) in [5.41, 5.74) is 2.30. The van der Waals surface area contributed by atoms with Crippen LogP contribution in [0, 0.1) is 17.7 Å². The Kier molecular flexibility index (Phi) is 6.90. The maximum atomic E-state index is 13.7. The Labute approximate surface area is 188 Å². The molecule has 2 aromatic rings. The Morgan fingerprint density at radius 1 is 1.19 bits per heavy atom. The van der Waals surface area contributed by atoms with Crippen molar-refractivity contribution in [2.45, 2.75) is 43.9 Å². The zero-order chi connectivity index (χ0) is 22.7. The molecule has 2 N–H and O–H groups in total. The third-order valence-corrected chi connectivity index (χ3v) is 6.45. The fourth-order valence-corrected chi connectivity index (χ4v) is 4.91. The summed E-state index contributed by atoms with van der Waals surface area (Å²) in [5.74, 6) is 5.22. The normalized spacial score (nSPS) is 24.2. The number of rotatable bonds is 3. The van der Waals surface area contributed by atoms with Crippen molar-refractivity contribution in [2.24, 2.45) is 0 Å². The molecule has 0 aromatic heterocycles. The lowest BCUT2D eigenvalue weighted by atomic mass is 9.74. The van der Waals surface area contributed by atoms with E-state index < -0.39 is 11.9 Å². The van der Waals surface area contributed by atoms with Crippen LogP contribution in [-0.2, 0) is 0 Å². The van der Waals surface area contributed by atoms with Gasteiger partial charge in [-0.1, -0.05) is 30.0 Å². The lowest BCUT2D eigenvalue weighted by Crippen LogP contribution is -2.67. The Morgan fingerprint density at radius 3 is 2.62 bits per heavy atom. The number of aliphatic hydroxyl groups is 2. The number of benzene rings is 2. The van der Waals surface area contributed by atoms with E-state index in [9.17, 15) is 19.4 Å². The van der Waals surface area contributed by atoms with Crippen molar-refractivity contribution in [3.05, 3.63) is 71.0 Å². The van der Waals surface area contributed by atoms with Crippen molar-refractivity contribution in [1.29, 1.82) is 0 Å². The van der Waals surface area contributed by atoms with E-state index in [2.05, 4.69) is 16.7 Å². The Balaban J connectivity index is 1.56. The van der Waals surface area contributed by atoms with E-state index >= 15 is 0 Å². The van der Waals surface area contributed by atoms with E-state index in [-0.39, 0.29) is 30.5 Å². The van der Waals surface area contributed by atoms with Crippen LogP contribution in [-0.4, -0.2) is 70.3 Å². The second kappa shape index (κ2) is 9.83. The summed E-state index contributed by atoms with van der Waals surface area (Å²) in [7, 11) is 0. The standard InChI is InChI=1S/C26H29FN2O3/c1-18(31)7-8-19-9-11-20(12-10-19)25-23-16-28(13-2-3-14-29(23)24(25)17-30)26(32)21-5-4-6-22(27)15-21/h4-6,9-12,15,18,23-25,30-31H,2-3,13-14,16-17H2,1H3/t18-,23-,24+,25+/m1/s1. The number of nitrogens with zero attached hydrogens (tertiary/aromatic N) is 2. The lowest BCUT2D eigenvalue weighted by molar-refractivity contribution is -0.0606. The largest absolute Gasteiger partial charge is 0.395 e. The van der Waals surface area contributed by atoms with Gasteiger partial charge in [0.1, 0.15) is 11.9 Å². The molecule has 2 aliphatic rings. The molecule has 2 fully saturated rings. The van der Waals surface area contributed by atoms with Crippen LogP contribution in [0.3, 0.4) is 0 Å². The molecule has 32 heavy (non-hydrogen) atoms. The van der Waals surface area contributed by atoms with Crippen molar-refractivity contribution in [3.63, 3.8) is 0 Å². The predicted molar refractivity (Wildman–Crippen MR) is 121 cm³/mol. The number of amides is 1. The van der Waals surface area contributed by atoms with Gasteiger partial charge in [0.05, 0.1) is 6.61 Å². The summed E-state index contributed by atoms with van der Waals surface area (Å²) < 4.78 is 13.7. The van der Waals surface area contributed by atoms with Gasteiger partial charge in [-0.05, 0) is 62.2 Å². The number of halogens is 1. The van der Waals surface area contributed by atoms with Crippen molar-refractivity contribution in [1.82, 2.24) is 9.80 Å². The van der Waals surface area contributed by atoms with Gasteiger partial charge in [0.15, 0.2) is 0 Å². The Bertz CT molecular complexity index is 1010. The highest BCUT2D eigenvalue weighted by Gasteiger charge is 2.49. The predicted octanol–water partition coefficient (Wildman–Crippen LogP) is 2.62. The molecule has 0 aliphatic carbocycles. The molecular formula is C26H29FN2O3. The SMILES string of the molecule is C[C@@H](O)C#Cc1ccc([C@H]2[C@H]3CN(C(=O)c4cccc(F)c4)CCCCN3[C@H]2CO)cc1. The number of hydrogen-bond acceptors (Lipinski definition) is 4. The van der Waals surface area contributed by atoms with Gasteiger partial charge in [-0.25, -0.2) is 4.39 Å². The molecule has 4 atom stereocenters. The van der Waals surface area contributed by atoms with Crippen molar-refractivity contribution in [3.8, 4) is 11.8 Å². The van der Waals surface area contributed by atoms with Gasteiger partial charge in [0, 0.05) is 42.2 Å². The van der Waals surface area contributed by atoms with Crippen molar-refractivity contribution >= 4 is 5.91 Å². The summed E-state index contributed by atoms with van der Waals surface area (Å²) in [6.07, 6.45) is 1.15. The minimum atomic E-state index is -0.676. The van der Waals surface area contributed by atoms with Gasteiger partial charge in [-0.2, -0.15) is 0 Å². The maximum absolute atomic E-state index is 13.7. The molecule has 0 spiro atoms. The Hall–Kier alpha value is -2.72. The molecule has 0 unspecified atom stereocenters. The van der Waals surface area contributed by atoms with E-state index in [1.165, 1.54) is 12.1 Å². The summed E-state index contributed by atoms with van der Waals surface area (Å²) in [5, 5.41) is 19.4. The molecule has 0 saturated carbocycles. The molecule has 0 radical (unpaired) electrons. The molecule has 168 valence electrons. The van der Waals surface area contributed by atoms with Gasteiger partial charge in [-0.3, -0.25) is 9.69 Å². The first-order chi connectivity index (χ1) is 15.5. The molecule has 2 saturated heterocycles. The lowest BCUT2D eigenvalue weighted by Gasteiger charge is -2.57. The molecule has 2 heterocycles. The minimum absolute atomic E-state index is 0.0126. The topological polar surface area (TPSA) is 64.0 Å². The fourth-order valence-electron chi connectivity index (χ4n) is 4.91. The van der Waals surface area contributed by atoms with Crippen LogP contribution in [0.2, 0.25) is 0 Å². The highest BCUT2D eigenvalue weighted by molar-refractivity contribution is 5.94. The van der Waals surface area contributed by atoms with Crippen LogP contribution >= 0.6 is 0 Å². The van der Waals surface area contributed by atoms with Crippen LogP contribution in [0.1, 0.15) is 47.2 Å². The number of hydrogen-bond donors (Lipinski definition) is 2. The molecule has 0 bridgehead atoms. The van der Waals surface area contributed by atoms with E-state index in [1.807, 2.05) is 29.2 Å². The number of carbonyl (C=O) groups is 1. The molecule has 2 aliphatic heterocycles. The van der Waals surface area contributed by atoms with E-state index in [4.69, 9.17) is 0 Å². The zero-order valence-corrected chi connectivity index (χ0v) is 18.2. The van der Waals surface area contributed by atoms with Crippen LogP contribution < -0.4 is 0 Å². The second-order valence-electron chi connectivity index (χ2n) is 8.62. The summed E-state index contributed by atoms with van der Waals surface area (Å²) >= 11 is 0. The third kappa shape index (κ3) is 4.71. The first-order valence-electron chi connectivity index (χ1n) is 11.2. The quantitative estimate of drug-likeness (QED) is 0.727. The molecule has 6 heteroatoms. The third-order valence-electron chi connectivity index (χ3n) is 6.45. The molecule has 2 aromatic carbocycles. The average molecular weight is 437 g/mol. The highest BCUT2D eigenvalue weighted by Crippen LogP contribution is 2.42. The summed E-state index contributed by atoms with van der Waals surface area (Å²) in [6, 6.07) is 13.9. The monoisotopic (exact) mass is 436 g/mol. The number of aliphatic hydroxyl groups excluding tert-OH is 2. The van der Waals surface area contributed by atoms with E-state index in [0.29, 0.717) is 18.7 Å². The minimum Gasteiger partial charge on any atom is -0.395 e. The first-order valence-corrected chi connectivity index (χ1v) is 11.2. The van der Waals surface area contributed by atoms with Crippen LogP contribution in [0.15, 0.2) is 48.5 Å². The van der Waals surface area contributed by atoms with Gasteiger partial charge in [0.25, 0.3) is 5.91 Å². The van der Waals surface area contributed by atoms with Gasteiger partial charge in [0.2, 0.25) is 0 Å². The summed E-state index contributed by atoms with van der Waals surface area (Å²) in [6.45, 7) is 3.76. The fraction of sp³-hybridized carbons (Fsp3) is 0.423. The Morgan fingerprint density at radius 2 is 1.94 bits per heavy atom. The van der Waals surface area contributed by atoms with E-state index in [0.717, 1.165) is 30.5 Å². The smallest absolute Gasteiger partial charge is 0.254 e. The first kappa shape index (κ1) is 22.5. The van der Waals surface area contributed by atoms with E-state index in [1.54, 1.807) is 19.1 Å².